The zero-order chi connectivity index (χ0) is 16.8. The number of carbonyl (C=O) groups excluding carboxylic acids is 1. The number of amides is 1. The molecular formula is C18H16N2O4. The van der Waals surface area contributed by atoms with Gasteiger partial charge >= 0.3 is 0 Å². The minimum Gasteiger partial charge on any atom is -0.486 e. The maximum atomic E-state index is 11.9. The molecular weight excluding hydrogens is 308 g/mol. The highest BCUT2D eigenvalue weighted by molar-refractivity contribution is 5.77. The fourth-order valence-corrected chi connectivity index (χ4v) is 2.27. The number of fused-ring (bicyclic) bond motifs is 1. The number of nitrogens with one attached hydrogen (secondary N) is 1. The number of ether oxygens (including phenoxy) is 3. The zero-order valence-corrected chi connectivity index (χ0v) is 12.9. The third kappa shape index (κ3) is 3.76. The minimum atomic E-state index is -0.287. The van der Waals surface area contributed by atoms with Crippen LogP contribution < -0.4 is 19.5 Å². The second-order valence-corrected chi connectivity index (χ2v) is 5.20. The summed E-state index contributed by atoms with van der Waals surface area (Å²) in [4.78, 5) is 11.9. The van der Waals surface area contributed by atoms with Crippen LogP contribution in [0.2, 0.25) is 0 Å². The molecule has 0 aromatic heterocycles. The van der Waals surface area contributed by atoms with Gasteiger partial charge in [-0.25, -0.2) is 0 Å². The Bertz CT molecular complexity index is 770. The van der Waals surface area contributed by atoms with E-state index in [9.17, 15) is 4.79 Å². The van der Waals surface area contributed by atoms with Gasteiger partial charge in [-0.1, -0.05) is 24.3 Å². The number of nitriles is 1. The predicted molar refractivity (Wildman–Crippen MR) is 86.0 cm³/mol. The summed E-state index contributed by atoms with van der Waals surface area (Å²) in [5.41, 5.74) is 0.394. The van der Waals surface area contributed by atoms with E-state index in [-0.39, 0.29) is 18.6 Å². The number of para-hydroxylation sites is 3. The average Bonchev–Trinajstić information content (AvgIpc) is 2.64. The van der Waals surface area contributed by atoms with Gasteiger partial charge in [0, 0.05) is 0 Å². The summed E-state index contributed by atoms with van der Waals surface area (Å²) in [5.74, 6) is 1.48. The van der Waals surface area contributed by atoms with Crippen molar-refractivity contribution in [1.29, 1.82) is 5.26 Å². The van der Waals surface area contributed by atoms with Gasteiger partial charge in [0.2, 0.25) is 0 Å². The molecule has 122 valence electrons. The quantitative estimate of drug-likeness (QED) is 0.908. The summed E-state index contributed by atoms with van der Waals surface area (Å²) >= 11 is 0. The number of carbonyl (C=O) groups is 1. The van der Waals surface area contributed by atoms with Gasteiger partial charge in [-0.3, -0.25) is 4.79 Å². The van der Waals surface area contributed by atoms with Gasteiger partial charge in [0.15, 0.2) is 18.1 Å². The van der Waals surface area contributed by atoms with Crippen molar-refractivity contribution in [1.82, 2.24) is 5.32 Å². The van der Waals surface area contributed by atoms with Gasteiger partial charge in [0.25, 0.3) is 5.91 Å². The van der Waals surface area contributed by atoms with Crippen LogP contribution in [0.4, 0.5) is 0 Å². The molecule has 0 fully saturated rings. The van der Waals surface area contributed by atoms with Gasteiger partial charge in [0.1, 0.15) is 24.5 Å². The molecule has 0 bridgehead atoms. The molecule has 24 heavy (non-hydrogen) atoms. The minimum absolute atomic E-state index is 0.164. The lowest BCUT2D eigenvalue weighted by molar-refractivity contribution is -0.123. The van der Waals surface area contributed by atoms with E-state index in [0.717, 1.165) is 0 Å². The molecule has 1 aliphatic rings. The molecule has 6 heteroatoms. The van der Waals surface area contributed by atoms with Crippen LogP contribution in [0.3, 0.4) is 0 Å². The Morgan fingerprint density at radius 1 is 1.21 bits per heavy atom. The van der Waals surface area contributed by atoms with E-state index in [1.807, 2.05) is 30.3 Å². The van der Waals surface area contributed by atoms with Crippen LogP contribution in [0.15, 0.2) is 48.5 Å². The van der Waals surface area contributed by atoms with E-state index >= 15 is 0 Å². The highest BCUT2D eigenvalue weighted by Crippen LogP contribution is 2.30. The Hall–Kier alpha value is -3.20. The zero-order valence-electron chi connectivity index (χ0n) is 12.9. The summed E-state index contributed by atoms with van der Waals surface area (Å²) in [5, 5.41) is 11.7. The second-order valence-electron chi connectivity index (χ2n) is 5.20. The smallest absolute Gasteiger partial charge is 0.258 e. The first-order valence-corrected chi connectivity index (χ1v) is 7.53. The fraction of sp³-hybridized carbons (Fsp3) is 0.222. The fourth-order valence-electron chi connectivity index (χ4n) is 2.27. The van der Waals surface area contributed by atoms with Crippen LogP contribution in [0.1, 0.15) is 5.56 Å². The van der Waals surface area contributed by atoms with Gasteiger partial charge in [-0.2, -0.15) is 5.26 Å². The van der Waals surface area contributed by atoms with Crippen molar-refractivity contribution in [3.8, 4) is 23.3 Å². The van der Waals surface area contributed by atoms with Crippen molar-refractivity contribution < 1.29 is 19.0 Å². The normalized spacial score (nSPS) is 15.2. The third-order valence-corrected chi connectivity index (χ3v) is 3.46. The number of rotatable bonds is 5. The van der Waals surface area contributed by atoms with Crippen molar-refractivity contribution in [3.63, 3.8) is 0 Å². The molecule has 0 unspecified atom stereocenters. The largest absolute Gasteiger partial charge is 0.486 e. The third-order valence-electron chi connectivity index (χ3n) is 3.46. The summed E-state index contributed by atoms with van der Waals surface area (Å²) in [7, 11) is 0. The molecule has 0 radical (unpaired) electrons. The molecule has 1 aliphatic heterocycles. The van der Waals surface area contributed by atoms with Gasteiger partial charge in [0.05, 0.1) is 12.1 Å². The molecule has 6 nitrogen and oxygen atoms in total. The van der Waals surface area contributed by atoms with Crippen molar-refractivity contribution in [2.45, 2.75) is 6.10 Å². The first-order chi connectivity index (χ1) is 11.8. The van der Waals surface area contributed by atoms with Crippen molar-refractivity contribution in [2.75, 3.05) is 19.8 Å². The van der Waals surface area contributed by atoms with E-state index in [1.54, 1.807) is 24.3 Å². The highest BCUT2D eigenvalue weighted by Gasteiger charge is 2.21. The average molecular weight is 324 g/mol. The van der Waals surface area contributed by atoms with Crippen LogP contribution >= 0.6 is 0 Å². The molecule has 0 saturated heterocycles. The molecule has 3 rings (SSSR count). The van der Waals surface area contributed by atoms with Crippen molar-refractivity contribution >= 4 is 5.91 Å². The lowest BCUT2D eigenvalue weighted by Crippen LogP contribution is -2.42. The van der Waals surface area contributed by atoms with Crippen LogP contribution in [-0.4, -0.2) is 31.8 Å². The number of hydrogen-bond donors (Lipinski definition) is 1. The molecule has 2 aromatic carbocycles. The SMILES string of the molecule is N#Cc1ccccc1OCC(=O)NC[C@H]1COc2ccccc2O1. The Kier molecular flexibility index (Phi) is 4.82. The molecule has 1 N–H and O–H groups in total. The summed E-state index contributed by atoms with van der Waals surface area (Å²) in [6.07, 6.45) is -0.254. The lowest BCUT2D eigenvalue weighted by atomic mass is 10.2. The lowest BCUT2D eigenvalue weighted by Gasteiger charge is -2.26. The van der Waals surface area contributed by atoms with E-state index in [2.05, 4.69) is 5.32 Å². The highest BCUT2D eigenvalue weighted by atomic mass is 16.6. The van der Waals surface area contributed by atoms with Crippen molar-refractivity contribution in [3.05, 3.63) is 54.1 Å². The molecule has 2 aromatic rings. The van der Waals surface area contributed by atoms with E-state index in [4.69, 9.17) is 19.5 Å². The number of nitrogens with zero attached hydrogens (tertiary/aromatic N) is 1. The van der Waals surface area contributed by atoms with Gasteiger partial charge < -0.3 is 19.5 Å². The van der Waals surface area contributed by atoms with Crippen LogP contribution in [0.25, 0.3) is 0 Å². The molecule has 1 amide bonds. The van der Waals surface area contributed by atoms with Gasteiger partial charge in [-0.05, 0) is 24.3 Å². The van der Waals surface area contributed by atoms with Crippen LogP contribution in [0, 0.1) is 11.3 Å². The molecule has 0 aliphatic carbocycles. The van der Waals surface area contributed by atoms with E-state index in [0.29, 0.717) is 36.0 Å². The Morgan fingerprint density at radius 3 is 2.79 bits per heavy atom. The molecule has 0 spiro atoms. The Morgan fingerprint density at radius 2 is 1.96 bits per heavy atom. The van der Waals surface area contributed by atoms with E-state index in [1.165, 1.54) is 0 Å². The number of benzene rings is 2. The summed E-state index contributed by atoms with van der Waals surface area (Å²) < 4.78 is 16.7. The first kappa shape index (κ1) is 15.7. The monoisotopic (exact) mass is 324 g/mol. The molecule has 1 heterocycles. The second kappa shape index (κ2) is 7.38. The Labute approximate surface area is 139 Å². The topological polar surface area (TPSA) is 80.6 Å². The van der Waals surface area contributed by atoms with Gasteiger partial charge in [-0.15, -0.1) is 0 Å². The summed E-state index contributed by atoms with van der Waals surface area (Å²) in [6, 6.07) is 16.2. The maximum absolute atomic E-state index is 11.9. The predicted octanol–water partition coefficient (Wildman–Crippen LogP) is 1.89. The Balaban J connectivity index is 1.46. The standard InChI is InChI=1S/C18H16N2O4/c19-9-13-5-1-2-6-15(13)23-12-18(21)20-10-14-11-22-16-7-3-4-8-17(16)24-14/h1-8,14H,10-12H2,(H,20,21)/t14-/m0/s1. The van der Waals surface area contributed by atoms with Crippen LogP contribution in [-0.2, 0) is 4.79 Å². The summed E-state index contributed by atoms with van der Waals surface area (Å²) in [6.45, 7) is 0.523. The number of hydrogen-bond acceptors (Lipinski definition) is 5. The first-order valence-electron chi connectivity index (χ1n) is 7.53. The van der Waals surface area contributed by atoms with Crippen molar-refractivity contribution in [2.24, 2.45) is 0 Å². The maximum Gasteiger partial charge on any atom is 0.258 e. The molecule has 0 saturated carbocycles. The van der Waals surface area contributed by atoms with E-state index < -0.39 is 0 Å². The molecule has 1 atom stereocenters. The van der Waals surface area contributed by atoms with Crippen LogP contribution in [0.5, 0.6) is 17.2 Å².